The van der Waals surface area contributed by atoms with Crippen LogP contribution in [0.5, 0.6) is 11.5 Å². The van der Waals surface area contributed by atoms with Crippen LogP contribution in [-0.2, 0) is 6.42 Å². The lowest BCUT2D eigenvalue weighted by Crippen LogP contribution is -1.91. The predicted octanol–water partition coefficient (Wildman–Crippen LogP) is 2.58. The van der Waals surface area contributed by atoms with Crippen molar-refractivity contribution in [3.63, 3.8) is 0 Å². The predicted molar refractivity (Wildman–Crippen MR) is 68.7 cm³/mol. The molecule has 0 fully saturated rings. The molecular weight excluding hydrogens is 216 g/mol. The second kappa shape index (κ2) is 7.74. The van der Waals surface area contributed by atoms with Crippen molar-refractivity contribution >= 4 is 0 Å². The van der Waals surface area contributed by atoms with Gasteiger partial charge >= 0.3 is 0 Å². The third kappa shape index (κ3) is 4.91. The average Bonchev–Trinajstić information content (AvgIpc) is 2.38. The lowest BCUT2D eigenvalue weighted by atomic mass is 10.1. The summed E-state index contributed by atoms with van der Waals surface area (Å²) in [4.78, 5) is 0. The van der Waals surface area contributed by atoms with Crippen molar-refractivity contribution in [2.45, 2.75) is 19.3 Å². The highest BCUT2D eigenvalue weighted by atomic mass is 16.5. The molecule has 0 saturated heterocycles. The number of methoxy groups -OCH3 is 2. The van der Waals surface area contributed by atoms with Crippen LogP contribution in [-0.4, -0.2) is 25.9 Å². The summed E-state index contributed by atoms with van der Waals surface area (Å²) in [6, 6.07) is 5.92. The zero-order chi connectivity index (χ0) is 12.5. The van der Waals surface area contributed by atoms with Gasteiger partial charge in [0.15, 0.2) is 0 Å². The van der Waals surface area contributed by atoms with Crippen LogP contribution in [0.1, 0.15) is 18.4 Å². The van der Waals surface area contributed by atoms with Gasteiger partial charge in [0.2, 0.25) is 0 Å². The van der Waals surface area contributed by atoms with Gasteiger partial charge in [-0.1, -0.05) is 12.2 Å². The molecule has 0 saturated carbocycles. The van der Waals surface area contributed by atoms with E-state index in [2.05, 4.69) is 0 Å². The monoisotopic (exact) mass is 236 g/mol. The van der Waals surface area contributed by atoms with Crippen LogP contribution >= 0.6 is 0 Å². The van der Waals surface area contributed by atoms with E-state index in [0.29, 0.717) is 0 Å². The number of benzene rings is 1. The fraction of sp³-hybridized carbons (Fsp3) is 0.429. The molecule has 3 heteroatoms. The molecule has 3 nitrogen and oxygen atoms in total. The molecule has 0 spiro atoms. The fourth-order valence-corrected chi connectivity index (χ4v) is 1.63. The van der Waals surface area contributed by atoms with Gasteiger partial charge in [0.05, 0.1) is 20.8 Å². The molecule has 1 aromatic carbocycles. The normalized spacial score (nSPS) is 10.8. The van der Waals surface area contributed by atoms with E-state index in [1.807, 2.05) is 24.3 Å². The number of aliphatic hydroxyl groups is 1. The van der Waals surface area contributed by atoms with Crippen LogP contribution in [0.15, 0.2) is 30.4 Å². The van der Waals surface area contributed by atoms with E-state index in [9.17, 15) is 0 Å². The highest BCUT2D eigenvalue weighted by Gasteiger charge is 2.01. The molecule has 0 aliphatic carbocycles. The van der Waals surface area contributed by atoms with Crippen LogP contribution < -0.4 is 9.47 Å². The minimum atomic E-state index is 0.118. The molecule has 0 amide bonds. The molecule has 0 unspecified atom stereocenters. The highest BCUT2D eigenvalue weighted by molar-refractivity contribution is 5.38. The zero-order valence-electron chi connectivity index (χ0n) is 10.5. The zero-order valence-corrected chi connectivity index (χ0v) is 10.5. The smallest absolute Gasteiger partial charge is 0.122 e. The minimum Gasteiger partial charge on any atom is -0.497 e. The van der Waals surface area contributed by atoms with Gasteiger partial charge in [0.25, 0.3) is 0 Å². The quantitative estimate of drug-likeness (QED) is 0.584. The first kappa shape index (κ1) is 13.6. The van der Waals surface area contributed by atoms with Gasteiger partial charge in [0.1, 0.15) is 11.5 Å². The minimum absolute atomic E-state index is 0.118. The maximum atomic E-state index is 8.60. The topological polar surface area (TPSA) is 38.7 Å². The first-order valence-electron chi connectivity index (χ1n) is 5.78. The largest absolute Gasteiger partial charge is 0.497 e. The van der Waals surface area contributed by atoms with Gasteiger partial charge in [-0.2, -0.15) is 0 Å². The number of aliphatic hydroxyl groups excluding tert-OH is 1. The van der Waals surface area contributed by atoms with Crippen molar-refractivity contribution in [1.29, 1.82) is 0 Å². The molecule has 17 heavy (non-hydrogen) atoms. The molecule has 1 aromatic rings. The first-order valence-corrected chi connectivity index (χ1v) is 5.78. The second-order valence-corrected chi connectivity index (χ2v) is 3.77. The number of unbranched alkanes of at least 4 members (excludes halogenated alkanes) is 1. The molecule has 0 aliphatic heterocycles. The summed E-state index contributed by atoms with van der Waals surface area (Å²) in [6.07, 6.45) is 6.76. The highest BCUT2D eigenvalue weighted by Crippen LogP contribution is 2.23. The van der Waals surface area contributed by atoms with Crippen LogP contribution in [0.3, 0.4) is 0 Å². The van der Waals surface area contributed by atoms with Gasteiger partial charge in [-0.15, -0.1) is 0 Å². The van der Waals surface area contributed by atoms with Crippen molar-refractivity contribution in [3.8, 4) is 11.5 Å². The summed E-state index contributed by atoms with van der Waals surface area (Å²) in [7, 11) is 3.31. The van der Waals surface area contributed by atoms with E-state index < -0.39 is 0 Å². The molecule has 0 atom stereocenters. The Hall–Kier alpha value is -1.48. The van der Waals surface area contributed by atoms with Crippen molar-refractivity contribution in [1.82, 2.24) is 0 Å². The SMILES string of the molecule is COc1cc(CCC/C=C/CO)cc(OC)c1. The Morgan fingerprint density at radius 2 is 1.71 bits per heavy atom. The molecule has 1 N–H and O–H groups in total. The van der Waals surface area contributed by atoms with E-state index in [-0.39, 0.29) is 6.61 Å². The van der Waals surface area contributed by atoms with E-state index in [1.54, 1.807) is 20.3 Å². The van der Waals surface area contributed by atoms with E-state index in [1.165, 1.54) is 5.56 Å². The summed E-state index contributed by atoms with van der Waals surface area (Å²) in [5.74, 6) is 1.65. The van der Waals surface area contributed by atoms with E-state index in [4.69, 9.17) is 14.6 Å². The molecule has 0 aromatic heterocycles. The lowest BCUT2D eigenvalue weighted by molar-refractivity contribution is 0.342. The molecule has 1 rings (SSSR count). The maximum absolute atomic E-state index is 8.60. The molecule has 0 aliphatic rings. The molecular formula is C14H20O3. The number of ether oxygens (including phenoxy) is 2. The molecule has 0 heterocycles. The van der Waals surface area contributed by atoms with Crippen LogP contribution in [0.4, 0.5) is 0 Å². The fourth-order valence-electron chi connectivity index (χ4n) is 1.63. The van der Waals surface area contributed by atoms with Gasteiger partial charge < -0.3 is 14.6 Å². The number of aryl methyl sites for hydroxylation is 1. The Kier molecular flexibility index (Phi) is 6.18. The maximum Gasteiger partial charge on any atom is 0.122 e. The Balaban J connectivity index is 2.54. The summed E-state index contributed by atoms with van der Waals surface area (Å²) in [5.41, 5.74) is 1.21. The number of allylic oxidation sites excluding steroid dienone is 1. The Labute approximate surface area is 103 Å². The standard InChI is InChI=1S/C14H20O3/c1-16-13-9-12(10-14(11-13)17-2)7-5-3-4-6-8-15/h4,6,9-11,15H,3,5,7-8H2,1-2H3/b6-4+. The van der Waals surface area contributed by atoms with Crippen molar-refractivity contribution in [3.05, 3.63) is 35.9 Å². The van der Waals surface area contributed by atoms with E-state index in [0.717, 1.165) is 30.8 Å². The summed E-state index contributed by atoms with van der Waals surface area (Å²) < 4.78 is 10.4. The molecule has 0 radical (unpaired) electrons. The van der Waals surface area contributed by atoms with Gasteiger partial charge in [-0.3, -0.25) is 0 Å². The summed E-state index contributed by atoms with van der Waals surface area (Å²) in [5, 5.41) is 8.60. The van der Waals surface area contributed by atoms with Crippen molar-refractivity contribution < 1.29 is 14.6 Å². The van der Waals surface area contributed by atoms with Crippen LogP contribution in [0.25, 0.3) is 0 Å². The van der Waals surface area contributed by atoms with Crippen LogP contribution in [0, 0.1) is 0 Å². The van der Waals surface area contributed by atoms with E-state index >= 15 is 0 Å². The number of hydrogen-bond donors (Lipinski definition) is 1. The number of rotatable bonds is 7. The Morgan fingerprint density at radius 3 is 2.24 bits per heavy atom. The van der Waals surface area contributed by atoms with Crippen molar-refractivity contribution in [2.75, 3.05) is 20.8 Å². The third-order valence-corrected chi connectivity index (χ3v) is 2.52. The second-order valence-electron chi connectivity index (χ2n) is 3.77. The number of hydrogen-bond acceptors (Lipinski definition) is 3. The summed E-state index contributed by atoms with van der Waals surface area (Å²) >= 11 is 0. The first-order chi connectivity index (χ1) is 8.30. The third-order valence-electron chi connectivity index (χ3n) is 2.52. The van der Waals surface area contributed by atoms with Gasteiger partial charge in [-0.25, -0.2) is 0 Å². The lowest BCUT2D eigenvalue weighted by Gasteiger charge is -2.07. The van der Waals surface area contributed by atoms with Crippen molar-refractivity contribution in [2.24, 2.45) is 0 Å². The Bertz CT molecular complexity index is 336. The van der Waals surface area contributed by atoms with Gasteiger partial charge in [0, 0.05) is 6.07 Å². The average molecular weight is 236 g/mol. The molecule has 94 valence electrons. The van der Waals surface area contributed by atoms with Gasteiger partial charge in [-0.05, 0) is 37.0 Å². The Morgan fingerprint density at radius 1 is 1.06 bits per heavy atom. The van der Waals surface area contributed by atoms with Crippen LogP contribution in [0.2, 0.25) is 0 Å². The molecule has 0 bridgehead atoms. The summed E-state index contributed by atoms with van der Waals surface area (Å²) in [6.45, 7) is 0.118.